The molecule has 1 aromatic heterocycles. The molecule has 8 nitrogen and oxygen atoms in total. The number of hydrazone groups is 1. The highest BCUT2D eigenvalue weighted by molar-refractivity contribution is 6.30. The van der Waals surface area contributed by atoms with Crippen LogP contribution in [0.4, 0.5) is 17.6 Å². The first-order valence-corrected chi connectivity index (χ1v) is 13.3. The largest absolute Gasteiger partial charge is 0.490 e. The van der Waals surface area contributed by atoms with E-state index in [0.717, 1.165) is 54.8 Å². The molecule has 194 valence electrons. The lowest BCUT2D eigenvalue weighted by molar-refractivity contribution is 0.217. The molecule has 0 atom stereocenters. The smallest absolute Gasteiger partial charge is 0.229 e. The molecule has 37 heavy (non-hydrogen) atoms. The fraction of sp³-hybridized carbons (Fsp3) is 0.393. The monoisotopic (exact) mass is 520 g/mol. The standard InChI is InChI=1S/C28H33ClN6O2/c1-21-7-6-8-24(17-21)36-15-16-37-25-10-9-23(29)18-22(25)20-30-33-26-19-27(34-11-2-3-12-34)32-28(31-26)35-13-4-5-14-35/h6-10,17-20H,2-5,11-16H2,1H3,(H,31,32,33)/b30-20-. The number of nitrogens with zero attached hydrogens (tertiary/aromatic N) is 5. The van der Waals surface area contributed by atoms with Gasteiger partial charge in [0.25, 0.3) is 0 Å². The Balaban J connectivity index is 1.25. The zero-order valence-corrected chi connectivity index (χ0v) is 22.0. The van der Waals surface area contributed by atoms with Crippen LogP contribution in [0.3, 0.4) is 0 Å². The van der Waals surface area contributed by atoms with Gasteiger partial charge in [-0.25, -0.2) is 0 Å². The second kappa shape index (κ2) is 12.1. The summed E-state index contributed by atoms with van der Waals surface area (Å²) in [4.78, 5) is 14.2. The van der Waals surface area contributed by atoms with Crippen LogP contribution in [-0.4, -0.2) is 55.6 Å². The molecule has 0 radical (unpaired) electrons. The Kier molecular flexibility index (Phi) is 8.25. The number of benzene rings is 2. The molecule has 0 amide bonds. The van der Waals surface area contributed by atoms with Gasteiger partial charge >= 0.3 is 0 Å². The molecule has 3 aromatic rings. The predicted octanol–water partition coefficient (Wildman–Crippen LogP) is 5.54. The van der Waals surface area contributed by atoms with E-state index in [1.165, 1.54) is 25.7 Å². The number of anilines is 3. The van der Waals surface area contributed by atoms with E-state index in [9.17, 15) is 0 Å². The van der Waals surface area contributed by atoms with Crippen LogP contribution in [0, 0.1) is 6.92 Å². The van der Waals surface area contributed by atoms with Gasteiger partial charge in [-0.15, -0.1) is 0 Å². The first-order chi connectivity index (χ1) is 18.1. The van der Waals surface area contributed by atoms with Crippen molar-refractivity contribution in [2.45, 2.75) is 32.6 Å². The minimum absolute atomic E-state index is 0.397. The fourth-order valence-electron chi connectivity index (χ4n) is 4.58. The van der Waals surface area contributed by atoms with Gasteiger partial charge < -0.3 is 19.3 Å². The van der Waals surface area contributed by atoms with Gasteiger partial charge in [-0.05, 0) is 68.5 Å². The summed E-state index contributed by atoms with van der Waals surface area (Å²) in [6.07, 6.45) is 6.43. The zero-order valence-electron chi connectivity index (χ0n) is 21.2. The lowest BCUT2D eigenvalue weighted by atomic mass is 10.2. The van der Waals surface area contributed by atoms with Crippen LogP contribution in [0.1, 0.15) is 36.8 Å². The fourth-order valence-corrected chi connectivity index (χ4v) is 4.76. The van der Waals surface area contributed by atoms with Gasteiger partial charge in [-0.1, -0.05) is 23.7 Å². The molecule has 0 spiro atoms. The molecule has 0 aliphatic carbocycles. The molecule has 9 heteroatoms. The maximum Gasteiger partial charge on any atom is 0.229 e. The van der Waals surface area contributed by atoms with Crippen LogP contribution in [0.25, 0.3) is 0 Å². The Labute approximate surface area is 223 Å². The Morgan fingerprint density at radius 2 is 1.68 bits per heavy atom. The molecule has 2 aliphatic rings. The maximum atomic E-state index is 6.26. The van der Waals surface area contributed by atoms with Crippen LogP contribution in [-0.2, 0) is 0 Å². The molecule has 5 rings (SSSR count). The molecule has 0 unspecified atom stereocenters. The minimum atomic E-state index is 0.397. The summed E-state index contributed by atoms with van der Waals surface area (Å²) >= 11 is 6.26. The van der Waals surface area contributed by atoms with Crippen molar-refractivity contribution in [1.29, 1.82) is 0 Å². The molecule has 3 heterocycles. The normalized spacial score (nSPS) is 15.5. The first kappa shape index (κ1) is 25.1. The van der Waals surface area contributed by atoms with Crippen LogP contribution >= 0.6 is 11.6 Å². The van der Waals surface area contributed by atoms with Crippen molar-refractivity contribution < 1.29 is 9.47 Å². The van der Waals surface area contributed by atoms with Crippen LogP contribution in [0.2, 0.25) is 5.02 Å². The second-order valence-electron chi connectivity index (χ2n) is 9.37. The Morgan fingerprint density at radius 1 is 0.919 bits per heavy atom. The van der Waals surface area contributed by atoms with E-state index in [-0.39, 0.29) is 0 Å². The van der Waals surface area contributed by atoms with Crippen molar-refractivity contribution in [2.24, 2.45) is 5.10 Å². The van der Waals surface area contributed by atoms with Gasteiger partial charge in [0.1, 0.15) is 30.5 Å². The SMILES string of the molecule is Cc1cccc(OCCOc2ccc(Cl)cc2/C=N\Nc2cc(N3CCCC3)nc(N3CCCC3)n2)c1. The molecular weight excluding hydrogens is 488 g/mol. The van der Waals surface area contributed by atoms with Gasteiger partial charge in [0.05, 0.1) is 6.21 Å². The Bertz CT molecular complexity index is 1190. The third-order valence-corrected chi connectivity index (χ3v) is 6.71. The van der Waals surface area contributed by atoms with E-state index >= 15 is 0 Å². The average molecular weight is 521 g/mol. The highest BCUT2D eigenvalue weighted by Crippen LogP contribution is 2.26. The topological polar surface area (TPSA) is 75.1 Å². The molecular formula is C28H33ClN6O2. The number of aryl methyl sites for hydroxylation is 1. The molecule has 2 aromatic carbocycles. The molecule has 2 aliphatic heterocycles. The summed E-state index contributed by atoms with van der Waals surface area (Å²) in [5, 5.41) is 5.07. The van der Waals surface area contributed by atoms with Crippen LogP contribution in [0.5, 0.6) is 11.5 Å². The summed E-state index contributed by atoms with van der Waals surface area (Å²) in [7, 11) is 0. The van der Waals surface area contributed by atoms with Crippen molar-refractivity contribution in [1.82, 2.24) is 9.97 Å². The second-order valence-corrected chi connectivity index (χ2v) is 9.80. The van der Waals surface area contributed by atoms with Crippen LogP contribution < -0.4 is 24.7 Å². The van der Waals surface area contributed by atoms with Crippen LogP contribution in [0.15, 0.2) is 53.6 Å². The summed E-state index contributed by atoms with van der Waals surface area (Å²) < 4.78 is 11.8. The van der Waals surface area contributed by atoms with Gasteiger partial charge in [-0.2, -0.15) is 15.1 Å². The molecule has 0 bridgehead atoms. The predicted molar refractivity (Wildman–Crippen MR) is 150 cm³/mol. The number of rotatable bonds is 10. The number of ether oxygens (including phenoxy) is 2. The number of nitrogens with one attached hydrogen (secondary N) is 1. The lowest BCUT2D eigenvalue weighted by Crippen LogP contribution is -2.24. The molecule has 0 saturated carbocycles. The Morgan fingerprint density at radius 3 is 2.46 bits per heavy atom. The van der Waals surface area contributed by atoms with Crippen molar-refractivity contribution >= 4 is 35.4 Å². The van der Waals surface area contributed by atoms with Gasteiger partial charge in [0, 0.05) is 42.8 Å². The van der Waals surface area contributed by atoms with E-state index in [4.69, 9.17) is 31.0 Å². The minimum Gasteiger partial charge on any atom is -0.490 e. The highest BCUT2D eigenvalue weighted by Gasteiger charge is 2.20. The molecule has 2 fully saturated rings. The van der Waals surface area contributed by atoms with E-state index < -0.39 is 0 Å². The van der Waals surface area contributed by atoms with E-state index in [1.54, 1.807) is 12.3 Å². The van der Waals surface area contributed by atoms with Gasteiger partial charge in [-0.3, -0.25) is 5.43 Å². The third kappa shape index (κ3) is 6.83. The molecule has 2 saturated heterocycles. The van der Waals surface area contributed by atoms with Crippen molar-refractivity contribution in [2.75, 3.05) is 54.6 Å². The quantitative estimate of drug-likeness (QED) is 0.213. The Hall–Kier alpha value is -3.52. The summed E-state index contributed by atoms with van der Waals surface area (Å²) in [5.41, 5.74) is 5.03. The summed E-state index contributed by atoms with van der Waals surface area (Å²) in [6, 6.07) is 15.4. The maximum absolute atomic E-state index is 6.26. The summed E-state index contributed by atoms with van der Waals surface area (Å²) in [6.45, 7) is 6.89. The number of halogens is 1. The highest BCUT2D eigenvalue weighted by atomic mass is 35.5. The van der Waals surface area contributed by atoms with Crippen molar-refractivity contribution in [3.63, 3.8) is 0 Å². The zero-order chi connectivity index (χ0) is 25.5. The summed E-state index contributed by atoms with van der Waals surface area (Å²) in [5.74, 6) is 3.90. The van der Waals surface area contributed by atoms with E-state index in [0.29, 0.717) is 29.8 Å². The van der Waals surface area contributed by atoms with E-state index in [2.05, 4.69) is 20.3 Å². The van der Waals surface area contributed by atoms with Gasteiger partial charge in [0.15, 0.2) is 5.82 Å². The number of aromatic nitrogens is 2. The van der Waals surface area contributed by atoms with E-state index in [1.807, 2.05) is 49.4 Å². The lowest BCUT2D eigenvalue weighted by Gasteiger charge is -2.21. The number of hydrogen-bond donors (Lipinski definition) is 1. The average Bonchev–Trinajstić information content (AvgIpc) is 3.63. The number of hydrogen-bond acceptors (Lipinski definition) is 8. The molecule has 1 N–H and O–H groups in total. The van der Waals surface area contributed by atoms with Gasteiger partial charge in [0.2, 0.25) is 5.95 Å². The van der Waals surface area contributed by atoms with Crippen molar-refractivity contribution in [3.05, 3.63) is 64.7 Å². The van der Waals surface area contributed by atoms with Crippen molar-refractivity contribution in [3.8, 4) is 11.5 Å². The first-order valence-electron chi connectivity index (χ1n) is 12.9. The third-order valence-electron chi connectivity index (χ3n) is 6.47.